The van der Waals surface area contributed by atoms with Crippen LogP contribution in [0.3, 0.4) is 0 Å². The molecule has 0 amide bonds. The molecule has 1 aromatic heterocycles. The fraction of sp³-hybridized carbons (Fsp3) is 0.444. The van der Waals surface area contributed by atoms with Crippen LogP contribution in [-0.4, -0.2) is 21.6 Å². The van der Waals surface area contributed by atoms with Gasteiger partial charge in [0.15, 0.2) is 17.5 Å². The number of nitrogens with zero attached hydrogens (tertiary/aromatic N) is 3. The Bertz CT molecular complexity index is 859. The largest absolute Gasteiger partial charge is 0.473 e. The lowest BCUT2D eigenvalue weighted by atomic mass is 10.1. The molecule has 1 aliphatic heterocycles. The van der Waals surface area contributed by atoms with Crippen molar-refractivity contribution in [2.75, 3.05) is 4.90 Å². The van der Waals surface area contributed by atoms with E-state index in [0.717, 1.165) is 18.6 Å². The minimum Gasteiger partial charge on any atom is -0.473 e. The standard InChI is InChI=1S/C18H20F3N3O2/c1-10(2)24-11(3)4-5-23-16(24)8-15(22-18(23)25)26-9-12-6-13(19)17(21)14(20)7-12/h6-8,10-11H,4-5,9H2,1-3H3. The van der Waals surface area contributed by atoms with E-state index in [9.17, 15) is 18.0 Å². The average molecular weight is 367 g/mol. The Balaban J connectivity index is 1.88. The van der Waals surface area contributed by atoms with E-state index in [4.69, 9.17) is 4.74 Å². The molecule has 0 bridgehead atoms. The molecular weight excluding hydrogens is 347 g/mol. The van der Waals surface area contributed by atoms with E-state index in [-0.39, 0.29) is 30.1 Å². The van der Waals surface area contributed by atoms with Crippen LogP contribution < -0.4 is 15.3 Å². The monoisotopic (exact) mass is 367 g/mol. The zero-order valence-corrected chi connectivity index (χ0v) is 14.8. The van der Waals surface area contributed by atoms with Gasteiger partial charge in [0.05, 0.1) is 0 Å². The Morgan fingerprint density at radius 2 is 1.88 bits per heavy atom. The van der Waals surface area contributed by atoms with Crippen LogP contribution in [0.15, 0.2) is 23.0 Å². The van der Waals surface area contributed by atoms with E-state index in [1.165, 1.54) is 0 Å². The number of hydrogen-bond donors (Lipinski definition) is 0. The first-order valence-corrected chi connectivity index (χ1v) is 8.44. The van der Waals surface area contributed by atoms with Gasteiger partial charge < -0.3 is 9.64 Å². The van der Waals surface area contributed by atoms with Crippen molar-refractivity contribution in [1.29, 1.82) is 0 Å². The number of ether oxygens (including phenoxy) is 1. The smallest absolute Gasteiger partial charge is 0.352 e. The molecule has 0 saturated carbocycles. The molecule has 0 fully saturated rings. The van der Waals surface area contributed by atoms with Crippen LogP contribution in [0, 0.1) is 17.5 Å². The SMILES string of the molecule is CC(C)N1c2cc(OCc3cc(F)c(F)c(F)c3)nc(=O)n2CCC1C. The van der Waals surface area contributed by atoms with Gasteiger partial charge in [0.25, 0.3) is 0 Å². The van der Waals surface area contributed by atoms with Gasteiger partial charge in [0, 0.05) is 24.7 Å². The molecule has 8 heteroatoms. The fourth-order valence-electron chi connectivity index (χ4n) is 3.27. The van der Waals surface area contributed by atoms with Crippen molar-refractivity contribution in [3.63, 3.8) is 0 Å². The summed E-state index contributed by atoms with van der Waals surface area (Å²) in [5.74, 6) is -3.35. The molecule has 0 radical (unpaired) electrons. The lowest BCUT2D eigenvalue weighted by Gasteiger charge is -2.40. The van der Waals surface area contributed by atoms with Gasteiger partial charge in [-0.25, -0.2) is 18.0 Å². The van der Waals surface area contributed by atoms with Crippen molar-refractivity contribution >= 4 is 5.82 Å². The van der Waals surface area contributed by atoms with Gasteiger partial charge >= 0.3 is 5.69 Å². The summed E-state index contributed by atoms with van der Waals surface area (Å²) in [5.41, 5.74) is -0.332. The molecule has 0 saturated heterocycles. The third-order valence-corrected chi connectivity index (χ3v) is 4.46. The highest BCUT2D eigenvalue weighted by atomic mass is 19.2. The zero-order valence-electron chi connectivity index (χ0n) is 14.8. The Hall–Kier alpha value is -2.51. The molecule has 140 valence electrons. The van der Waals surface area contributed by atoms with Gasteiger partial charge in [0.2, 0.25) is 5.88 Å². The maximum Gasteiger partial charge on any atom is 0.352 e. The topological polar surface area (TPSA) is 47.4 Å². The highest BCUT2D eigenvalue weighted by Crippen LogP contribution is 2.28. The summed E-state index contributed by atoms with van der Waals surface area (Å²) in [6.45, 7) is 6.48. The van der Waals surface area contributed by atoms with E-state index < -0.39 is 23.1 Å². The lowest BCUT2D eigenvalue weighted by molar-refractivity contribution is 0.287. The van der Waals surface area contributed by atoms with Gasteiger partial charge in [-0.05, 0) is 44.9 Å². The van der Waals surface area contributed by atoms with E-state index in [1.807, 2.05) is 13.8 Å². The van der Waals surface area contributed by atoms with Gasteiger partial charge in [-0.2, -0.15) is 4.98 Å². The van der Waals surface area contributed by atoms with Crippen LogP contribution >= 0.6 is 0 Å². The molecule has 2 heterocycles. The Morgan fingerprint density at radius 1 is 1.23 bits per heavy atom. The molecule has 5 nitrogen and oxygen atoms in total. The second-order valence-electron chi connectivity index (χ2n) is 6.69. The molecule has 2 aromatic rings. The second kappa shape index (κ2) is 7.01. The lowest BCUT2D eigenvalue weighted by Crippen LogP contribution is -2.47. The summed E-state index contributed by atoms with van der Waals surface area (Å²) < 4.78 is 46.6. The second-order valence-corrected chi connectivity index (χ2v) is 6.69. The van der Waals surface area contributed by atoms with Crippen molar-refractivity contribution in [1.82, 2.24) is 9.55 Å². The Labute approximate surface area is 149 Å². The number of aromatic nitrogens is 2. The number of rotatable bonds is 4. The fourth-order valence-corrected chi connectivity index (χ4v) is 3.27. The van der Waals surface area contributed by atoms with E-state index in [1.54, 1.807) is 10.6 Å². The molecule has 1 aromatic carbocycles. The number of fused-ring (bicyclic) bond motifs is 1. The third-order valence-electron chi connectivity index (χ3n) is 4.46. The first kappa shape index (κ1) is 18.3. The summed E-state index contributed by atoms with van der Waals surface area (Å²) in [5, 5.41) is 0. The van der Waals surface area contributed by atoms with Crippen molar-refractivity contribution in [3.05, 3.63) is 51.7 Å². The predicted octanol–water partition coefficient (Wildman–Crippen LogP) is 3.25. The number of benzene rings is 1. The highest BCUT2D eigenvalue weighted by molar-refractivity contribution is 5.45. The average Bonchev–Trinajstić information content (AvgIpc) is 2.57. The van der Waals surface area contributed by atoms with Crippen molar-refractivity contribution < 1.29 is 17.9 Å². The normalized spacial score (nSPS) is 16.7. The van der Waals surface area contributed by atoms with Crippen molar-refractivity contribution in [3.8, 4) is 5.88 Å². The van der Waals surface area contributed by atoms with Crippen molar-refractivity contribution in [2.24, 2.45) is 0 Å². The molecule has 0 aliphatic carbocycles. The maximum atomic E-state index is 13.3. The number of anilines is 1. The molecule has 1 unspecified atom stereocenters. The first-order chi connectivity index (χ1) is 12.3. The minimum atomic E-state index is -1.53. The number of halogens is 3. The Morgan fingerprint density at radius 3 is 2.50 bits per heavy atom. The molecule has 0 spiro atoms. The third kappa shape index (κ3) is 3.40. The number of hydrogen-bond acceptors (Lipinski definition) is 4. The molecule has 1 aliphatic rings. The summed E-state index contributed by atoms with van der Waals surface area (Å²) in [6.07, 6.45) is 0.834. The van der Waals surface area contributed by atoms with Gasteiger partial charge in [0.1, 0.15) is 12.4 Å². The minimum absolute atomic E-state index is 0.0612. The van der Waals surface area contributed by atoms with E-state index in [2.05, 4.69) is 16.8 Å². The van der Waals surface area contributed by atoms with Crippen LogP contribution in [-0.2, 0) is 13.2 Å². The maximum absolute atomic E-state index is 13.3. The van der Waals surface area contributed by atoms with Crippen LogP contribution in [0.5, 0.6) is 5.88 Å². The van der Waals surface area contributed by atoms with E-state index >= 15 is 0 Å². The molecular formula is C18H20F3N3O2. The van der Waals surface area contributed by atoms with Crippen LogP contribution in [0.2, 0.25) is 0 Å². The molecule has 0 N–H and O–H groups in total. The van der Waals surface area contributed by atoms with Crippen LogP contribution in [0.25, 0.3) is 0 Å². The summed E-state index contributed by atoms with van der Waals surface area (Å²) in [7, 11) is 0. The van der Waals surface area contributed by atoms with Crippen molar-refractivity contribution in [2.45, 2.75) is 52.4 Å². The molecule has 26 heavy (non-hydrogen) atoms. The predicted molar refractivity (Wildman–Crippen MR) is 90.8 cm³/mol. The first-order valence-electron chi connectivity index (χ1n) is 8.44. The van der Waals surface area contributed by atoms with Gasteiger partial charge in [-0.15, -0.1) is 0 Å². The highest BCUT2D eigenvalue weighted by Gasteiger charge is 2.27. The van der Waals surface area contributed by atoms with E-state index in [0.29, 0.717) is 12.4 Å². The summed E-state index contributed by atoms with van der Waals surface area (Å²) in [6, 6.07) is 3.78. The van der Waals surface area contributed by atoms with Crippen LogP contribution in [0.4, 0.5) is 19.0 Å². The molecule has 3 rings (SSSR count). The summed E-state index contributed by atoms with van der Waals surface area (Å²) in [4.78, 5) is 18.3. The Kier molecular flexibility index (Phi) is 4.93. The van der Waals surface area contributed by atoms with Gasteiger partial charge in [-0.1, -0.05) is 0 Å². The quantitative estimate of drug-likeness (QED) is 0.779. The van der Waals surface area contributed by atoms with Crippen LogP contribution in [0.1, 0.15) is 32.8 Å². The molecule has 1 atom stereocenters. The van der Waals surface area contributed by atoms with Gasteiger partial charge in [-0.3, -0.25) is 4.57 Å². The zero-order chi connectivity index (χ0) is 19.0. The summed E-state index contributed by atoms with van der Waals surface area (Å²) >= 11 is 0.